The van der Waals surface area contributed by atoms with E-state index in [2.05, 4.69) is 10.6 Å². The van der Waals surface area contributed by atoms with Crippen LogP contribution in [0, 0.1) is 0 Å². The van der Waals surface area contributed by atoms with E-state index >= 15 is 0 Å². The second-order valence-corrected chi connectivity index (χ2v) is 5.59. The lowest BCUT2D eigenvalue weighted by molar-refractivity contribution is -0.115. The van der Waals surface area contributed by atoms with Gasteiger partial charge in [-0.15, -0.1) is 0 Å². The summed E-state index contributed by atoms with van der Waals surface area (Å²) in [7, 11) is 4.58. The minimum atomic E-state index is -0.135. The summed E-state index contributed by atoms with van der Waals surface area (Å²) in [6.07, 6.45) is 0.295. The number of halogens is 1. The van der Waals surface area contributed by atoms with Crippen molar-refractivity contribution in [3.05, 3.63) is 41.4 Å². The van der Waals surface area contributed by atoms with Gasteiger partial charge in [-0.2, -0.15) is 0 Å². The van der Waals surface area contributed by atoms with Crippen LogP contribution in [0.2, 0.25) is 5.02 Å². The first kappa shape index (κ1) is 18.7. The molecule has 0 heterocycles. The SMILES string of the molecule is COc1cc(NC(=O)CCNc2cccc(Cl)c2)cc(OC)c1OC. The largest absolute Gasteiger partial charge is 0.493 e. The van der Waals surface area contributed by atoms with Crippen molar-refractivity contribution in [2.24, 2.45) is 0 Å². The molecule has 0 aliphatic heterocycles. The molecule has 25 heavy (non-hydrogen) atoms. The van der Waals surface area contributed by atoms with Crippen molar-refractivity contribution >= 4 is 28.9 Å². The molecular weight excluding hydrogens is 344 g/mol. The fraction of sp³-hybridized carbons (Fsp3) is 0.278. The summed E-state index contributed by atoms with van der Waals surface area (Å²) in [4.78, 5) is 12.1. The quantitative estimate of drug-likeness (QED) is 0.745. The number of amides is 1. The number of anilines is 2. The minimum Gasteiger partial charge on any atom is -0.493 e. The van der Waals surface area contributed by atoms with Crippen LogP contribution in [-0.2, 0) is 4.79 Å². The second kappa shape index (κ2) is 9.03. The van der Waals surface area contributed by atoms with E-state index in [9.17, 15) is 4.79 Å². The third-order valence-electron chi connectivity index (χ3n) is 3.45. The zero-order valence-corrected chi connectivity index (χ0v) is 15.1. The summed E-state index contributed by atoms with van der Waals surface area (Å²) in [5, 5.41) is 6.62. The van der Waals surface area contributed by atoms with Crippen LogP contribution in [-0.4, -0.2) is 33.8 Å². The molecule has 2 rings (SSSR count). The van der Waals surface area contributed by atoms with E-state index in [4.69, 9.17) is 25.8 Å². The van der Waals surface area contributed by atoms with E-state index in [0.717, 1.165) is 5.69 Å². The normalized spacial score (nSPS) is 10.1. The van der Waals surface area contributed by atoms with E-state index in [1.165, 1.54) is 21.3 Å². The number of nitrogens with one attached hydrogen (secondary N) is 2. The molecule has 0 saturated carbocycles. The van der Waals surface area contributed by atoms with Crippen molar-refractivity contribution in [1.29, 1.82) is 0 Å². The highest BCUT2D eigenvalue weighted by atomic mass is 35.5. The first-order valence-corrected chi connectivity index (χ1v) is 8.04. The minimum absolute atomic E-state index is 0.135. The maximum absolute atomic E-state index is 12.1. The lowest BCUT2D eigenvalue weighted by Gasteiger charge is -2.14. The average Bonchev–Trinajstić information content (AvgIpc) is 2.60. The number of ether oxygens (including phenoxy) is 3. The Morgan fingerprint density at radius 3 is 2.24 bits per heavy atom. The first-order chi connectivity index (χ1) is 12.1. The molecule has 2 N–H and O–H groups in total. The Kier molecular flexibility index (Phi) is 6.77. The fourth-order valence-electron chi connectivity index (χ4n) is 2.30. The van der Waals surface area contributed by atoms with Gasteiger partial charge in [0.2, 0.25) is 11.7 Å². The molecule has 0 atom stereocenters. The van der Waals surface area contributed by atoms with Gasteiger partial charge in [0.15, 0.2) is 11.5 Å². The monoisotopic (exact) mass is 364 g/mol. The molecule has 0 bridgehead atoms. The van der Waals surface area contributed by atoms with Crippen molar-refractivity contribution in [3.8, 4) is 17.2 Å². The van der Waals surface area contributed by atoms with E-state index in [-0.39, 0.29) is 5.91 Å². The van der Waals surface area contributed by atoms with Gasteiger partial charge < -0.3 is 24.8 Å². The van der Waals surface area contributed by atoms with Crippen LogP contribution in [0.5, 0.6) is 17.2 Å². The van der Waals surface area contributed by atoms with Gasteiger partial charge in [-0.1, -0.05) is 17.7 Å². The van der Waals surface area contributed by atoms with Crippen LogP contribution in [0.4, 0.5) is 11.4 Å². The molecule has 2 aromatic rings. The number of rotatable bonds is 8. The highest BCUT2D eigenvalue weighted by Crippen LogP contribution is 2.39. The third-order valence-corrected chi connectivity index (χ3v) is 3.69. The van der Waals surface area contributed by atoms with E-state index < -0.39 is 0 Å². The number of hydrogen-bond donors (Lipinski definition) is 2. The lowest BCUT2D eigenvalue weighted by Crippen LogP contribution is -2.16. The molecule has 0 aliphatic carbocycles. The maximum atomic E-state index is 12.1. The molecule has 0 unspecified atom stereocenters. The van der Waals surface area contributed by atoms with Gasteiger partial charge in [-0.05, 0) is 18.2 Å². The van der Waals surface area contributed by atoms with E-state index in [0.29, 0.717) is 40.9 Å². The highest BCUT2D eigenvalue weighted by Gasteiger charge is 2.14. The standard InChI is InChI=1S/C18H21ClN2O4/c1-23-15-10-14(11-16(24-2)18(15)25-3)21-17(22)7-8-20-13-6-4-5-12(19)9-13/h4-6,9-11,20H,7-8H2,1-3H3,(H,21,22). The zero-order chi connectivity index (χ0) is 18.2. The second-order valence-electron chi connectivity index (χ2n) is 5.15. The third kappa shape index (κ3) is 5.19. The number of hydrogen-bond acceptors (Lipinski definition) is 5. The Balaban J connectivity index is 1.95. The number of benzene rings is 2. The predicted molar refractivity (Wildman–Crippen MR) is 99.3 cm³/mol. The van der Waals surface area contributed by atoms with Crippen LogP contribution >= 0.6 is 11.6 Å². The average molecular weight is 365 g/mol. The highest BCUT2D eigenvalue weighted by molar-refractivity contribution is 6.30. The van der Waals surface area contributed by atoms with Crippen molar-refractivity contribution in [3.63, 3.8) is 0 Å². The van der Waals surface area contributed by atoms with Crippen molar-refractivity contribution in [2.75, 3.05) is 38.5 Å². The van der Waals surface area contributed by atoms with E-state index in [1.54, 1.807) is 24.3 Å². The van der Waals surface area contributed by atoms with E-state index in [1.807, 2.05) is 12.1 Å². The van der Waals surface area contributed by atoms with Gasteiger partial charge >= 0.3 is 0 Å². The number of methoxy groups -OCH3 is 3. The van der Waals surface area contributed by atoms with Crippen molar-refractivity contribution < 1.29 is 19.0 Å². The molecule has 0 saturated heterocycles. The number of carbonyl (C=O) groups is 1. The topological polar surface area (TPSA) is 68.8 Å². The molecular formula is C18H21ClN2O4. The van der Waals surface area contributed by atoms with Crippen LogP contribution < -0.4 is 24.8 Å². The number of carbonyl (C=O) groups excluding carboxylic acids is 1. The zero-order valence-electron chi connectivity index (χ0n) is 14.4. The molecule has 1 amide bonds. The Labute approximate surface area is 152 Å². The van der Waals surface area contributed by atoms with Gasteiger partial charge in [-0.25, -0.2) is 0 Å². The molecule has 0 fully saturated rings. The Morgan fingerprint density at radius 2 is 1.68 bits per heavy atom. The van der Waals surface area contributed by atoms with Crippen LogP contribution in [0.15, 0.2) is 36.4 Å². The Bertz CT molecular complexity index is 712. The van der Waals surface area contributed by atoms with Crippen molar-refractivity contribution in [2.45, 2.75) is 6.42 Å². The molecule has 0 spiro atoms. The molecule has 0 aliphatic rings. The summed E-state index contributed by atoms with van der Waals surface area (Å²) in [6.45, 7) is 0.483. The molecule has 0 radical (unpaired) electrons. The van der Waals surface area contributed by atoms with Crippen LogP contribution in [0.25, 0.3) is 0 Å². The summed E-state index contributed by atoms with van der Waals surface area (Å²) in [5.74, 6) is 1.30. The molecule has 2 aromatic carbocycles. The summed E-state index contributed by atoms with van der Waals surface area (Å²) < 4.78 is 15.8. The summed E-state index contributed by atoms with van der Waals surface area (Å²) in [6, 6.07) is 10.7. The van der Waals surface area contributed by atoms with Gasteiger partial charge in [0.1, 0.15) is 0 Å². The van der Waals surface area contributed by atoms with Crippen LogP contribution in [0.3, 0.4) is 0 Å². The predicted octanol–water partition coefficient (Wildman–Crippen LogP) is 3.81. The Morgan fingerprint density at radius 1 is 1.00 bits per heavy atom. The summed E-state index contributed by atoms with van der Waals surface area (Å²) >= 11 is 5.92. The van der Waals surface area contributed by atoms with Gasteiger partial charge in [0.25, 0.3) is 0 Å². The molecule has 6 nitrogen and oxygen atoms in total. The van der Waals surface area contributed by atoms with Crippen LogP contribution in [0.1, 0.15) is 6.42 Å². The molecule has 0 aromatic heterocycles. The lowest BCUT2D eigenvalue weighted by atomic mass is 10.2. The van der Waals surface area contributed by atoms with Gasteiger partial charge in [0.05, 0.1) is 21.3 Å². The molecule has 7 heteroatoms. The first-order valence-electron chi connectivity index (χ1n) is 7.66. The fourth-order valence-corrected chi connectivity index (χ4v) is 2.49. The maximum Gasteiger partial charge on any atom is 0.226 e. The van der Waals surface area contributed by atoms with Gasteiger partial charge in [0, 0.05) is 41.5 Å². The Hall–Kier alpha value is -2.60. The van der Waals surface area contributed by atoms with Gasteiger partial charge in [-0.3, -0.25) is 4.79 Å². The molecule has 134 valence electrons. The van der Waals surface area contributed by atoms with Crippen molar-refractivity contribution in [1.82, 2.24) is 0 Å². The summed E-state index contributed by atoms with van der Waals surface area (Å²) in [5.41, 5.74) is 1.44. The smallest absolute Gasteiger partial charge is 0.226 e.